The molecule has 0 bridgehead atoms. The molecule has 1 atom stereocenters. The second-order valence-corrected chi connectivity index (χ2v) is 5.79. The molecule has 0 saturated heterocycles. The summed E-state index contributed by atoms with van der Waals surface area (Å²) in [6.07, 6.45) is 0. The van der Waals surface area contributed by atoms with Crippen molar-refractivity contribution >= 4 is 17.1 Å². The molecule has 0 amide bonds. The number of carbonyl (C=O) groups is 1. The fourth-order valence-corrected chi connectivity index (χ4v) is 2.85. The molecule has 0 fully saturated rings. The number of hydrogen-bond acceptors (Lipinski definition) is 4. The molecule has 0 aliphatic carbocycles. The summed E-state index contributed by atoms with van der Waals surface area (Å²) in [6, 6.07) is 9.94. The Morgan fingerprint density at radius 3 is 2.63 bits per heavy atom. The zero-order valence-corrected chi connectivity index (χ0v) is 12.3. The zero-order chi connectivity index (χ0) is 13.8. The van der Waals surface area contributed by atoms with Crippen LogP contribution in [-0.4, -0.2) is 36.3 Å². The van der Waals surface area contributed by atoms with E-state index in [1.807, 2.05) is 61.6 Å². The Kier molecular flexibility index (Phi) is 4.45. The molecule has 0 aliphatic rings. The van der Waals surface area contributed by atoms with Crippen molar-refractivity contribution in [3.63, 3.8) is 0 Å². The summed E-state index contributed by atoms with van der Waals surface area (Å²) in [5, 5.41) is 2.55. The first-order chi connectivity index (χ1) is 9.08. The third-order valence-electron chi connectivity index (χ3n) is 2.87. The van der Waals surface area contributed by atoms with Gasteiger partial charge in [-0.2, -0.15) is 0 Å². The maximum Gasteiger partial charge on any atom is 0.195 e. The highest BCUT2D eigenvalue weighted by Crippen LogP contribution is 2.23. The summed E-state index contributed by atoms with van der Waals surface area (Å²) >= 11 is 1.43. The van der Waals surface area contributed by atoms with Gasteiger partial charge >= 0.3 is 0 Å². The van der Waals surface area contributed by atoms with Gasteiger partial charge in [0.05, 0.1) is 5.69 Å². The third-order valence-corrected chi connectivity index (χ3v) is 3.73. The molecule has 0 spiro atoms. The van der Waals surface area contributed by atoms with Gasteiger partial charge in [-0.1, -0.05) is 37.3 Å². The maximum absolute atomic E-state index is 12.2. The van der Waals surface area contributed by atoms with Gasteiger partial charge in [-0.05, 0) is 14.1 Å². The normalized spacial score (nSPS) is 12.6. The van der Waals surface area contributed by atoms with Crippen molar-refractivity contribution in [2.45, 2.75) is 6.92 Å². The highest BCUT2D eigenvalue weighted by atomic mass is 32.1. The number of benzene rings is 1. The molecule has 19 heavy (non-hydrogen) atoms. The summed E-state index contributed by atoms with van der Waals surface area (Å²) < 4.78 is 0. The first-order valence-electron chi connectivity index (χ1n) is 6.28. The van der Waals surface area contributed by atoms with Crippen molar-refractivity contribution in [2.24, 2.45) is 5.92 Å². The fourth-order valence-electron chi connectivity index (χ4n) is 1.97. The lowest BCUT2D eigenvalue weighted by atomic mass is 10.1. The fraction of sp³-hybridized carbons (Fsp3) is 0.333. The molecular weight excluding hydrogens is 256 g/mol. The number of ketones is 1. The van der Waals surface area contributed by atoms with Gasteiger partial charge in [0.2, 0.25) is 0 Å². The molecule has 1 unspecified atom stereocenters. The predicted molar refractivity (Wildman–Crippen MR) is 79.6 cm³/mol. The van der Waals surface area contributed by atoms with Crippen LogP contribution in [0.15, 0.2) is 35.7 Å². The lowest BCUT2D eigenvalue weighted by Gasteiger charge is -2.14. The molecule has 0 N–H and O–H groups in total. The number of carbonyl (C=O) groups excluding carboxylic acids is 1. The van der Waals surface area contributed by atoms with Crippen LogP contribution >= 0.6 is 11.3 Å². The Morgan fingerprint density at radius 2 is 2.00 bits per heavy atom. The maximum atomic E-state index is 12.2. The van der Waals surface area contributed by atoms with Gasteiger partial charge in [-0.25, -0.2) is 4.98 Å². The van der Waals surface area contributed by atoms with Crippen LogP contribution in [0.1, 0.15) is 16.7 Å². The van der Waals surface area contributed by atoms with E-state index in [9.17, 15) is 4.79 Å². The summed E-state index contributed by atoms with van der Waals surface area (Å²) in [6.45, 7) is 2.70. The van der Waals surface area contributed by atoms with Crippen molar-refractivity contribution in [3.05, 3.63) is 40.7 Å². The van der Waals surface area contributed by atoms with E-state index < -0.39 is 0 Å². The van der Waals surface area contributed by atoms with Crippen LogP contribution in [0.25, 0.3) is 11.3 Å². The van der Waals surface area contributed by atoms with Crippen molar-refractivity contribution < 1.29 is 4.79 Å². The van der Waals surface area contributed by atoms with Crippen LogP contribution in [0.2, 0.25) is 0 Å². The summed E-state index contributed by atoms with van der Waals surface area (Å²) in [5.41, 5.74) is 1.93. The molecule has 0 saturated carbocycles. The van der Waals surface area contributed by atoms with Gasteiger partial charge in [0.15, 0.2) is 10.8 Å². The Balaban J connectivity index is 2.15. The summed E-state index contributed by atoms with van der Waals surface area (Å²) in [4.78, 5) is 18.7. The minimum absolute atomic E-state index is 0.0234. The monoisotopic (exact) mass is 274 g/mol. The van der Waals surface area contributed by atoms with Gasteiger partial charge in [0, 0.05) is 23.4 Å². The Morgan fingerprint density at radius 1 is 1.32 bits per heavy atom. The molecule has 3 nitrogen and oxygen atoms in total. The zero-order valence-electron chi connectivity index (χ0n) is 11.5. The number of nitrogens with zero attached hydrogens (tertiary/aromatic N) is 2. The molecule has 4 heteroatoms. The van der Waals surface area contributed by atoms with E-state index in [0.717, 1.165) is 17.8 Å². The highest BCUT2D eigenvalue weighted by molar-refractivity contribution is 7.12. The summed E-state index contributed by atoms with van der Waals surface area (Å²) in [7, 11) is 3.95. The summed E-state index contributed by atoms with van der Waals surface area (Å²) in [5.74, 6) is 0.102. The van der Waals surface area contributed by atoms with E-state index in [-0.39, 0.29) is 11.7 Å². The van der Waals surface area contributed by atoms with Gasteiger partial charge < -0.3 is 4.90 Å². The first kappa shape index (κ1) is 13.9. The Labute approximate surface area is 117 Å². The largest absolute Gasteiger partial charge is 0.309 e. The smallest absolute Gasteiger partial charge is 0.195 e. The molecular formula is C15H18N2OS. The highest BCUT2D eigenvalue weighted by Gasteiger charge is 2.19. The number of Topliss-reactive ketones (excluding diaryl/α,β-unsaturated/α-hetero) is 1. The van der Waals surface area contributed by atoms with Crippen LogP contribution in [0.5, 0.6) is 0 Å². The molecule has 1 aromatic heterocycles. The van der Waals surface area contributed by atoms with Crippen molar-refractivity contribution in [1.82, 2.24) is 9.88 Å². The molecule has 0 radical (unpaired) electrons. The quantitative estimate of drug-likeness (QED) is 0.785. The van der Waals surface area contributed by atoms with Crippen molar-refractivity contribution in [1.29, 1.82) is 0 Å². The number of thiazole rings is 1. The average Bonchev–Trinajstić information content (AvgIpc) is 2.87. The van der Waals surface area contributed by atoms with Crippen molar-refractivity contribution in [2.75, 3.05) is 20.6 Å². The van der Waals surface area contributed by atoms with Crippen LogP contribution in [0, 0.1) is 5.92 Å². The second kappa shape index (κ2) is 6.08. The van der Waals surface area contributed by atoms with E-state index in [1.165, 1.54) is 11.3 Å². The SMILES string of the molecule is CC(CN(C)C)C(=O)c1nc(-c2ccccc2)cs1. The first-order valence-corrected chi connectivity index (χ1v) is 7.16. The minimum atomic E-state index is -0.0234. The third kappa shape index (κ3) is 3.49. The van der Waals surface area contributed by atoms with E-state index in [1.54, 1.807) is 0 Å². The van der Waals surface area contributed by atoms with Gasteiger partial charge in [0.25, 0.3) is 0 Å². The van der Waals surface area contributed by atoms with E-state index >= 15 is 0 Å². The minimum Gasteiger partial charge on any atom is -0.309 e. The number of rotatable bonds is 5. The molecule has 0 aliphatic heterocycles. The van der Waals surface area contributed by atoms with Crippen LogP contribution in [0.3, 0.4) is 0 Å². The molecule has 2 rings (SSSR count). The van der Waals surface area contributed by atoms with Crippen LogP contribution < -0.4 is 0 Å². The molecule has 1 aromatic carbocycles. The van der Waals surface area contributed by atoms with Gasteiger partial charge in [0.1, 0.15) is 0 Å². The molecule has 1 heterocycles. The van der Waals surface area contributed by atoms with Crippen LogP contribution in [-0.2, 0) is 0 Å². The van der Waals surface area contributed by atoms with Gasteiger partial charge in [-0.15, -0.1) is 11.3 Å². The van der Waals surface area contributed by atoms with Crippen molar-refractivity contribution in [3.8, 4) is 11.3 Å². The Hall–Kier alpha value is -1.52. The molecule has 100 valence electrons. The number of hydrogen-bond donors (Lipinski definition) is 0. The lowest BCUT2D eigenvalue weighted by molar-refractivity contribution is 0.0909. The van der Waals surface area contributed by atoms with Gasteiger partial charge in [-0.3, -0.25) is 4.79 Å². The second-order valence-electron chi connectivity index (χ2n) is 4.93. The van der Waals surface area contributed by atoms with Crippen LogP contribution in [0.4, 0.5) is 0 Å². The topological polar surface area (TPSA) is 33.2 Å². The Bertz CT molecular complexity index is 548. The van der Waals surface area contributed by atoms with E-state index in [4.69, 9.17) is 0 Å². The lowest BCUT2D eigenvalue weighted by Crippen LogP contribution is -2.25. The number of aromatic nitrogens is 1. The average molecular weight is 274 g/mol. The van der Waals surface area contributed by atoms with E-state index in [2.05, 4.69) is 4.98 Å². The van der Waals surface area contributed by atoms with E-state index in [0.29, 0.717) is 5.01 Å². The molecule has 2 aromatic rings. The standard InChI is InChI=1S/C15H18N2OS/c1-11(9-17(2)3)14(18)15-16-13(10-19-15)12-7-5-4-6-8-12/h4-8,10-11H,9H2,1-3H3. The predicted octanol–water partition coefficient (Wildman–Crippen LogP) is 3.19.